The Labute approximate surface area is 66.5 Å². The Hall–Kier alpha value is -0.570. The molecule has 1 saturated heterocycles. The minimum absolute atomic E-state index is 0.244. The van der Waals surface area contributed by atoms with Gasteiger partial charge < -0.3 is 10.6 Å². The lowest BCUT2D eigenvalue weighted by Gasteiger charge is -2.37. The van der Waals surface area contributed by atoms with Crippen molar-refractivity contribution in [1.29, 1.82) is 0 Å². The van der Waals surface area contributed by atoms with Crippen LogP contribution in [0.4, 0.5) is 0 Å². The number of hydrogen-bond acceptors (Lipinski definition) is 2. The van der Waals surface area contributed by atoms with Gasteiger partial charge in [0.1, 0.15) is 0 Å². The molecule has 0 radical (unpaired) electrons. The molecule has 11 heavy (non-hydrogen) atoms. The number of rotatable bonds is 1. The second-order valence-corrected chi connectivity index (χ2v) is 3.82. The van der Waals surface area contributed by atoms with Gasteiger partial charge in [-0.05, 0) is 12.3 Å². The van der Waals surface area contributed by atoms with Gasteiger partial charge >= 0.3 is 0 Å². The fraction of sp³-hybridized carbons (Fsp3) is 0.875. The molecule has 2 rings (SSSR count). The van der Waals surface area contributed by atoms with Crippen molar-refractivity contribution >= 4 is 5.91 Å². The second kappa shape index (κ2) is 2.21. The van der Waals surface area contributed by atoms with Gasteiger partial charge in [0, 0.05) is 25.0 Å². The van der Waals surface area contributed by atoms with Crippen LogP contribution >= 0.6 is 0 Å². The highest BCUT2D eigenvalue weighted by Gasteiger charge is 2.43. The summed E-state index contributed by atoms with van der Waals surface area (Å²) < 4.78 is 0. The fourth-order valence-corrected chi connectivity index (χ4v) is 1.59. The predicted molar refractivity (Wildman–Crippen MR) is 41.8 cm³/mol. The van der Waals surface area contributed by atoms with E-state index in [-0.39, 0.29) is 6.04 Å². The van der Waals surface area contributed by atoms with Crippen LogP contribution in [0.5, 0.6) is 0 Å². The molecule has 3 nitrogen and oxygen atoms in total. The van der Waals surface area contributed by atoms with Crippen molar-refractivity contribution < 1.29 is 4.79 Å². The Balaban J connectivity index is 1.83. The summed E-state index contributed by atoms with van der Waals surface area (Å²) in [6.45, 7) is 3.69. The molecular weight excluding hydrogens is 140 g/mol. The number of nitrogens with zero attached hydrogens (tertiary/aromatic N) is 1. The summed E-state index contributed by atoms with van der Waals surface area (Å²) in [5, 5.41) is 0. The minimum Gasteiger partial charge on any atom is -0.339 e. The van der Waals surface area contributed by atoms with E-state index < -0.39 is 0 Å². The van der Waals surface area contributed by atoms with Crippen molar-refractivity contribution in [2.45, 2.75) is 19.4 Å². The number of hydrogen-bond donors (Lipinski definition) is 1. The molecule has 0 aromatic rings. The van der Waals surface area contributed by atoms with Gasteiger partial charge in [-0.2, -0.15) is 0 Å². The lowest BCUT2D eigenvalue weighted by atomic mass is 10.1. The molecule has 0 aromatic carbocycles. The third-order valence-electron chi connectivity index (χ3n) is 2.65. The summed E-state index contributed by atoms with van der Waals surface area (Å²) in [5.74, 6) is 1.29. The molecule has 1 aliphatic heterocycles. The van der Waals surface area contributed by atoms with Gasteiger partial charge in [0.2, 0.25) is 5.91 Å². The molecule has 1 heterocycles. The van der Waals surface area contributed by atoms with Crippen molar-refractivity contribution in [3.05, 3.63) is 0 Å². The summed E-state index contributed by atoms with van der Waals surface area (Å²) in [7, 11) is 0. The van der Waals surface area contributed by atoms with Crippen LogP contribution in [0.25, 0.3) is 0 Å². The molecule has 62 valence electrons. The van der Waals surface area contributed by atoms with Crippen LogP contribution < -0.4 is 5.73 Å². The minimum atomic E-state index is 0.244. The van der Waals surface area contributed by atoms with Gasteiger partial charge in [-0.1, -0.05) is 6.92 Å². The van der Waals surface area contributed by atoms with Crippen molar-refractivity contribution in [3.63, 3.8) is 0 Å². The van der Waals surface area contributed by atoms with E-state index in [0.717, 1.165) is 19.5 Å². The lowest BCUT2D eigenvalue weighted by Crippen LogP contribution is -2.58. The maximum Gasteiger partial charge on any atom is 0.226 e. The van der Waals surface area contributed by atoms with Crippen LogP contribution in [0.15, 0.2) is 0 Å². The first-order valence-electron chi connectivity index (χ1n) is 4.23. The van der Waals surface area contributed by atoms with E-state index in [9.17, 15) is 4.79 Å². The third kappa shape index (κ3) is 1.13. The standard InChI is InChI=1S/C8H14N2O/c1-5-2-7(5)8(11)10-3-6(9)4-10/h5-7H,2-4,9H2,1H3. The van der Waals surface area contributed by atoms with Gasteiger partial charge in [-0.15, -0.1) is 0 Å². The second-order valence-electron chi connectivity index (χ2n) is 3.82. The quantitative estimate of drug-likeness (QED) is 0.569. The number of nitrogens with two attached hydrogens (primary N) is 1. The first-order chi connectivity index (χ1) is 5.18. The monoisotopic (exact) mass is 154 g/mol. The molecule has 0 spiro atoms. The molecule has 1 aliphatic carbocycles. The molecular formula is C8H14N2O. The summed E-state index contributed by atoms with van der Waals surface area (Å²) in [6.07, 6.45) is 1.09. The van der Waals surface area contributed by atoms with E-state index in [1.807, 2.05) is 4.90 Å². The zero-order valence-corrected chi connectivity index (χ0v) is 6.79. The van der Waals surface area contributed by atoms with Gasteiger partial charge in [-0.25, -0.2) is 0 Å². The Bertz CT molecular complexity index is 187. The van der Waals surface area contributed by atoms with Crippen molar-refractivity contribution in [2.75, 3.05) is 13.1 Å². The Kier molecular flexibility index (Phi) is 1.42. The van der Waals surface area contributed by atoms with Crippen molar-refractivity contribution in [3.8, 4) is 0 Å². The average molecular weight is 154 g/mol. The van der Waals surface area contributed by atoms with Crippen LogP contribution in [-0.2, 0) is 4.79 Å². The van der Waals surface area contributed by atoms with Crippen molar-refractivity contribution in [1.82, 2.24) is 4.90 Å². The average Bonchev–Trinajstić information content (AvgIpc) is 2.58. The smallest absolute Gasteiger partial charge is 0.226 e. The van der Waals surface area contributed by atoms with E-state index in [1.165, 1.54) is 0 Å². The van der Waals surface area contributed by atoms with Crippen LogP contribution in [0.3, 0.4) is 0 Å². The SMILES string of the molecule is CC1CC1C(=O)N1CC(N)C1. The molecule has 2 atom stereocenters. The molecule has 2 aliphatic rings. The van der Waals surface area contributed by atoms with E-state index >= 15 is 0 Å². The normalized spacial score (nSPS) is 36.7. The summed E-state index contributed by atoms with van der Waals surface area (Å²) in [5.41, 5.74) is 5.57. The zero-order valence-electron chi connectivity index (χ0n) is 6.79. The molecule has 1 saturated carbocycles. The molecule has 1 amide bonds. The molecule has 0 bridgehead atoms. The van der Waals surface area contributed by atoms with E-state index in [1.54, 1.807) is 0 Å². The van der Waals surface area contributed by atoms with Crippen LogP contribution in [-0.4, -0.2) is 29.9 Å². The predicted octanol–water partition coefficient (Wildman–Crippen LogP) is -0.188. The summed E-state index contributed by atoms with van der Waals surface area (Å²) >= 11 is 0. The Morgan fingerprint density at radius 1 is 1.55 bits per heavy atom. The first kappa shape index (κ1) is 7.10. The highest BCUT2D eigenvalue weighted by Crippen LogP contribution is 2.39. The van der Waals surface area contributed by atoms with Gasteiger partial charge in [0.25, 0.3) is 0 Å². The highest BCUT2D eigenvalue weighted by atomic mass is 16.2. The molecule has 2 unspecified atom stereocenters. The fourth-order valence-electron chi connectivity index (χ4n) is 1.59. The molecule has 0 aromatic heterocycles. The first-order valence-corrected chi connectivity index (χ1v) is 4.23. The number of carbonyl (C=O) groups is 1. The summed E-state index contributed by atoms with van der Waals surface area (Å²) in [4.78, 5) is 13.3. The number of likely N-dealkylation sites (tertiary alicyclic amines) is 1. The van der Waals surface area contributed by atoms with Crippen molar-refractivity contribution in [2.24, 2.45) is 17.6 Å². The third-order valence-corrected chi connectivity index (χ3v) is 2.65. The molecule has 2 N–H and O–H groups in total. The number of carbonyl (C=O) groups excluding carboxylic acids is 1. The maximum atomic E-state index is 11.4. The maximum absolute atomic E-state index is 11.4. The lowest BCUT2D eigenvalue weighted by molar-refractivity contribution is -0.137. The highest BCUT2D eigenvalue weighted by molar-refractivity contribution is 5.82. The number of amides is 1. The van der Waals surface area contributed by atoms with Crippen LogP contribution in [0.1, 0.15) is 13.3 Å². The van der Waals surface area contributed by atoms with Crippen LogP contribution in [0.2, 0.25) is 0 Å². The topological polar surface area (TPSA) is 46.3 Å². The Morgan fingerprint density at radius 2 is 2.09 bits per heavy atom. The Morgan fingerprint density at radius 3 is 2.45 bits per heavy atom. The van der Waals surface area contributed by atoms with E-state index in [0.29, 0.717) is 17.7 Å². The largest absolute Gasteiger partial charge is 0.339 e. The molecule has 2 fully saturated rings. The summed E-state index contributed by atoms with van der Waals surface area (Å²) in [6, 6.07) is 0.244. The van der Waals surface area contributed by atoms with Gasteiger partial charge in [0.15, 0.2) is 0 Å². The molecule has 3 heteroatoms. The van der Waals surface area contributed by atoms with Crippen LogP contribution in [0, 0.1) is 11.8 Å². The van der Waals surface area contributed by atoms with Gasteiger partial charge in [0.05, 0.1) is 0 Å². The van der Waals surface area contributed by atoms with E-state index in [4.69, 9.17) is 5.73 Å². The van der Waals surface area contributed by atoms with E-state index in [2.05, 4.69) is 6.92 Å². The zero-order chi connectivity index (χ0) is 8.01. The van der Waals surface area contributed by atoms with Gasteiger partial charge in [-0.3, -0.25) is 4.79 Å².